The summed E-state index contributed by atoms with van der Waals surface area (Å²) in [4.78, 5) is 11.0. The van der Waals surface area contributed by atoms with Crippen molar-refractivity contribution in [2.45, 2.75) is 25.3 Å². The summed E-state index contributed by atoms with van der Waals surface area (Å²) in [5.74, 6) is -0.326. The molecule has 1 unspecified atom stereocenters. The second kappa shape index (κ2) is 4.19. The zero-order valence-corrected chi connectivity index (χ0v) is 8.85. The average molecular weight is 228 g/mol. The summed E-state index contributed by atoms with van der Waals surface area (Å²) in [6.07, 6.45) is 2.06. The lowest BCUT2D eigenvalue weighted by Crippen LogP contribution is -2.27. The van der Waals surface area contributed by atoms with Gasteiger partial charge in [0.25, 0.3) is 0 Å². The number of hydrogen-bond acceptors (Lipinski definition) is 1. The minimum Gasteiger partial charge on any atom is -0.353 e. The lowest BCUT2D eigenvalue weighted by atomic mass is 10.0. The molecule has 0 aromatic heterocycles. The van der Waals surface area contributed by atoms with Gasteiger partial charge < -0.3 is 5.32 Å². The van der Waals surface area contributed by atoms with Crippen LogP contribution in [0, 0.1) is 5.82 Å². The summed E-state index contributed by atoms with van der Waals surface area (Å²) < 4.78 is 13.1. The van der Waals surface area contributed by atoms with Crippen LogP contribution in [-0.4, -0.2) is 11.9 Å². The van der Waals surface area contributed by atoms with Gasteiger partial charge in [-0.2, -0.15) is 0 Å². The molecule has 1 fully saturated rings. The molecule has 0 spiro atoms. The Hall–Kier alpha value is -1.09. The van der Waals surface area contributed by atoms with Gasteiger partial charge in [-0.25, -0.2) is 4.39 Å². The van der Waals surface area contributed by atoms with Crippen molar-refractivity contribution >= 4 is 17.5 Å². The Morgan fingerprint density at radius 1 is 1.53 bits per heavy atom. The molecule has 0 saturated carbocycles. The Morgan fingerprint density at radius 2 is 2.33 bits per heavy atom. The van der Waals surface area contributed by atoms with Crippen LogP contribution in [0.25, 0.3) is 0 Å². The highest BCUT2D eigenvalue weighted by Gasteiger charge is 2.20. The fourth-order valence-corrected chi connectivity index (χ4v) is 1.90. The summed E-state index contributed by atoms with van der Waals surface area (Å²) in [5, 5.41) is 2.98. The van der Waals surface area contributed by atoms with E-state index in [9.17, 15) is 9.18 Å². The molecule has 2 rings (SSSR count). The van der Waals surface area contributed by atoms with Crippen LogP contribution < -0.4 is 5.32 Å². The van der Waals surface area contributed by atoms with Gasteiger partial charge in [-0.3, -0.25) is 4.79 Å². The summed E-state index contributed by atoms with van der Waals surface area (Å²) in [7, 11) is 0. The number of carbonyl (C=O) groups is 1. The molecular formula is C11H11ClFNO. The molecule has 15 heavy (non-hydrogen) atoms. The highest BCUT2D eigenvalue weighted by Crippen LogP contribution is 2.18. The van der Waals surface area contributed by atoms with E-state index in [2.05, 4.69) is 5.32 Å². The van der Waals surface area contributed by atoms with E-state index >= 15 is 0 Å². The predicted octanol–water partition coefficient (Wildman–Crippen LogP) is 2.30. The molecule has 2 nitrogen and oxygen atoms in total. The van der Waals surface area contributed by atoms with E-state index in [1.165, 1.54) is 6.07 Å². The highest BCUT2D eigenvalue weighted by molar-refractivity contribution is 6.30. The number of amides is 1. The molecule has 1 N–H and O–H groups in total. The molecule has 0 aliphatic carbocycles. The fraction of sp³-hybridized carbons (Fsp3) is 0.364. The first-order valence-corrected chi connectivity index (χ1v) is 5.26. The van der Waals surface area contributed by atoms with Gasteiger partial charge in [0.1, 0.15) is 5.82 Å². The van der Waals surface area contributed by atoms with Gasteiger partial charge in [-0.05, 0) is 30.5 Å². The maximum absolute atomic E-state index is 13.1. The Bertz CT molecular complexity index is 394. The molecule has 80 valence electrons. The third kappa shape index (κ3) is 2.48. The Balaban J connectivity index is 2.05. The Morgan fingerprint density at radius 3 is 2.93 bits per heavy atom. The SMILES string of the molecule is O=C1CCC(Cc2ccc(Cl)c(F)c2)N1. The van der Waals surface area contributed by atoms with Crippen LogP contribution in [0.3, 0.4) is 0 Å². The number of rotatable bonds is 2. The molecule has 0 bridgehead atoms. The van der Waals surface area contributed by atoms with Gasteiger partial charge in [0, 0.05) is 12.5 Å². The molecular weight excluding hydrogens is 217 g/mol. The van der Waals surface area contributed by atoms with Gasteiger partial charge >= 0.3 is 0 Å². The van der Waals surface area contributed by atoms with Crippen LogP contribution in [0.2, 0.25) is 5.02 Å². The Kier molecular flexibility index (Phi) is 2.91. The monoisotopic (exact) mass is 227 g/mol. The second-order valence-electron chi connectivity index (χ2n) is 3.76. The lowest BCUT2D eigenvalue weighted by Gasteiger charge is -2.09. The van der Waals surface area contributed by atoms with Crippen LogP contribution in [0.4, 0.5) is 4.39 Å². The molecule has 4 heteroatoms. The van der Waals surface area contributed by atoms with E-state index in [1.54, 1.807) is 12.1 Å². The maximum Gasteiger partial charge on any atom is 0.220 e. The minimum absolute atomic E-state index is 0.0782. The van der Waals surface area contributed by atoms with Crippen LogP contribution >= 0.6 is 11.6 Å². The van der Waals surface area contributed by atoms with Gasteiger partial charge in [0.2, 0.25) is 5.91 Å². The number of halogens is 2. The quantitative estimate of drug-likeness (QED) is 0.825. The van der Waals surface area contributed by atoms with Crippen molar-refractivity contribution in [3.8, 4) is 0 Å². The van der Waals surface area contributed by atoms with Crippen LogP contribution in [0.15, 0.2) is 18.2 Å². The molecule has 1 atom stereocenters. The van der Waals surface area contributed by atoms with Crippen LogP contribution in [-0.2, 0) is 11.2 Å². The molecule has 1 heterocycles. The first-order chi connectivity index (χ1) is 7.15. The molecule has 1 aliphatic heterocycles. The maximum atomic E-state index is 13.1. The molecule has 1 saturated heterocycles. The molecule has 0 radical (unpaired) electrons. The standard InChI is InChI=1S/C11H11ClFNO/c12-9-3-1-7(6-10(9)13)5-8-2-4-11(15)14-8/h1,3,6,8H,2,4-5H2,(H,14,15). The van der Waals surface area contributed by atoms with E-state index in [1.807, 2.05) is 0 Å². The summed E-state index contributed by atoms with van der Waals surface area (Å²) in [6.45, 7) is 0. The van der Waals surface area contributed by atoms with Gasteiger partial charge in [0.05, 0.1) is 5.02 Å². The number of hydrogen-bond donors (Lipinski definition) is 1. The van der Waals surface area contributed by atoms with E-state index < -0.39 is 5.82 Å². The van der Waals surface area contributed by atoms with Crippen LogP contribution in [0.5, 0.6) is 0 Å². The minimum atomic E-state index is -0.404. The number of benzene rings is 1. The smallest absolute Gasteiger partial charge is 0.220 e. The van der Waals surface area contributed by atoms with Crippen molar-refractivity contribution in [1.29, 1.82) is 0 Å². The molecule has 1 amide bonds. The second-order valence-corrected chi connectivity index (χ2v) is 4.16. The van der Waals surface area contributed by atoms with E-state index in [4.69, 9.17) is 11.6 Å². The summed E-state index contributed by atoms with van der Waals surface area (Å²) in [6, 6.07) is 4.89. The largest absolute Gasteiger partial charge is 0.353 e. The first kappa shape index (κ1) is 10.4. The van der Waals surface area contributed by atoms with Crippen molar-refractivity contribution in [2.75, 3.05) is 0 Å². The molecule has 1 aliphatic rings. The first-order valence-electron chi connectivity index (χ1n) is 4.88. The van der Waals surface area contributed by atoms with Crippen molar-refractivity contribution in [1.82, 2.24) is 5.32 Å². The Labute approximate surface area is 92.4 Å². The van der Waals surface area contributed by atoms with Crippen molar-refractivity contribution in [2.24, 2.45) is 0 Å². The normalized spacial score (nSPS) is 20.4. The lowest BCUT2D eigenvalue weighted by molar-refractivity contribution is -0.119. The van der Waals surface area contributed by atoms with Crippen LogP contribution in [0.1, 0.15) is 18.4 Å². The van der Waals surface area contributed by atoms with Gasteiger partial charge in [-0.15, -0.1) is 0 Å². The zero-order chi connectivity index (χ0) is 10.8. The van der Waals surface area contributed by atoms with E-state index in [0.717, 1.165) is 12.0 Å². The summed E-state index contributed by atoms with van der Waals surface area (Å²) in [5.41, 5.74) is 0.865. The third-order valence-electron chi connectivity index (χ3n) is 2.55. The fourth-order valence-electron chi connectivity index (χ4n) is 1.78. The number of nitrogens with one attached hydrogen (secondary N) is 1. The summed E-state index contributed by atoms with van der Waals surface area (Å²) >= 11 is 5.58. The van der Waals surface area contributed by atoms with Crippen molar-refractivity contribution < 1.29 is 9.18 Å². The average Bonchev–Trinajstić information content (AvgIpc) is 2.58. The third-order valence-corrected chi connectivity index (χ3v) is 2.86. The molecule has 1 aromatic carbocycles. The van der Waals surface area contributed by atoms with Gasteiger partial charge in [-0.1, -0.05) is 17.7 Å². The van der Waals surface area contributed by atoms with Crippen molar-refractivity contribution in [3.63, 3.8) is 0 Å². The topological polar surface area (TPSA) is 29.1 Å². The number of carbonyl (C=O) groups excluding carboxylic acids is 1. The van der Waals surface area contributed by atoms with Crippen molar-refractivity contribution in [3.05, 3.63) is 34.6 Å². The molecule has 1 aromatic rings. The van der Waals surface area contributed by atoms with Gasteiger partial charge in [0.15, 0.2) is 0 Å². The van der Waals surface area contributed by atoms with E-state index in [0.29, 0.717) is 12.8 Å². The highest BCUT2D eigenvalue weighted by atomic mass is 35.5. The predicted molar refractivity (Wildman–Crippen MR) is 56.3 cm³/mol. The van der Waals surface area contributed by atoms with E-state index in [-0.39, 0.29) is 17.0 Å². The zero-order valence-electron chi connectivity index (χ0n) is 8.09.